The smallest absolute Gasteiger partial charge is 0.313 e. The number of carbonyl (C=O) groups is 2. The highest BCUT2D eigenvalue weighted by molar-refractivity contribution is 7.99. The van der Waals surface area contributed by atoms with Crippen LogP contribution in [-0.4, -0.2) is 32.3 Å². The van der Waals surface area contributed by atoms with Crippen molar-refractivity contribution >= 4 is 23.6 Å². The molecule has 0 aliphatic carbocycles. The van der Waals surface area contributed by atoms with Gasteiger partial charge in [-0.05, 0) is 19.8 Å². The fraction of sp³-hybridized carbons (Fsp3) is 0.545. The van der Waals surface area contributed by atoms with Crippen LogP contribution < -0.4 is 5.73 Å². The number of carboxylic acids is 1. The van der Waals surface area contributed by atoms with Gasteiger partial charge < -0.3 is 15.4 Å². The van der Waals surface area contributed by atoms with Gasteiger partial charge in [-0.15, -0.1) is 0 Å². The van der Waals surface area contributed by atoms with Gasteiger partial charge in [0.1, 0.15) is 0 Å². The Morgan fingerprint density at radius 3 is 2.83 bits per heavy atom. The van der Waals surface area contributed by atoms with E-state index in [1.807, 2.05) is 17.7 Å². The van der Waals surface area contributed by atoms with Crippen LogP contribution in [-0.2, 0) is 16.1 Å². The molecule has 18 heavy (non-hydrogen) atoms. The Bertz CT molecular complexity index is 431. The van der Waals surface area contributed by atoms with Crippen LogP contribution in [0.3, 0.4) is 0 Å². The first-order valence-electron chi connectivity index (χ1n) is 5.65. The average molecular weight is 271 g/mol. The Morgan fingerprint density at radius 2 is 2.22 bits per heavy atom. The van der Waals surface area contributed by atoms with Crippen molar-refractivity contribution in [1.82, 2.24) is 9.55 Å². The van der Waals surface area contributed by atoms with Crippen LogP contribution in [0.5, 0.6) is 0 Å². The van der Waals surface area contributed by atoms with Crippen LogP contribution in [0.1, 0.15) is 25.0 Å². The molecule has 3 N–H and O–H groups in total. The summed E-state index contributed by atoms with van der Waals surface area (Å²) in [7, 11) is 0. The number of unbranched alkanes of at least 4 members (excludes halogenated alkanes) is 1. The Hall–Kier alpha value is -1.50. The second-order valence-electron chi connectivity index (χ2n) is 3.96. The molecule has 0 saturated heterocycles. The first-order valence-corrected chi connectivity index (χ1v) is 6.64. The number of thioether (sulfide) groups is 1. The maximum absolute atomic E-state index is 10.6. The van der Waals surface area contributed by atoms with Crippen LogP contribution >= 0.6 is 11.8 Å². The minimum Gasteiger partial charge on any atom is -0.481 e. The number of hydrogen-bond donors (Lipinski definition) is 2. The highest BCUT2D eigenvalue weighted by Gasteiger charge is 2.08. The number of primary amides is 1. The molecule has 0 unspecified atom stereocenters. The Balaban J connectivity index is 2.48. The third kappa shape index (κ3) is 5.22. The summed E-state index contributed by atoms with van der Waals surface area (Å²) in [5.74, 6) is -1.16. The van der Waals surface area contributed by atoms with Crippen molar-refractivity contribution in [2.45, 2.75) is 37.9 Å². The monoisotopic (exact) mass is 271 g/mol. The van der Waals surface area contributed by atoms with Crippen molar-refractivity contribution in [2.75, 3.05) is 5.75 Å². The summed E-state index contributed by atoms with van der Waals surface area (Å²) in [4.78, 5) is 25.4. The minimum atomic E-state index is -0.860. The van der Waals surface area contributed by atoms with E-state index in [0.717, 1.165) is 25.1 Å². The number of nitrogens with two attached hydrogens (primary N) is 1. The molecule has 0 spiro atoms. The zero-order valence-electron chi connectivity index (χ0n) is 10.3. The van der Waals surface area contributed by atoms with Gasteiger partial charge in [0.2, 0.25) is 5.91 Å². The van der Waals surface area contributed by atoms with Crippen molar-refractivity contribution < 1.29 is 14.7 Å². The second-order valence-corrected chi connectivity index (χ2v) is 4.91. The zero-order chi connectivity index (χ0) is 13.5. The summed E-state index contributed by atoms with van der Waals surface area (Å²) in [6, 6.07) is 0. The molecule has 0 aliphatic heterocycles. The van der Waals surface area contributed by atoms with E-state index in [1.54, 1.807) is 0 Å². The van der Waals surface area contributed by atoms with Crippen molar-refractivity contribution in [3.8, 4) is 0 Å². The SMILES string of the molecule is Cc1cn(CCCCC(N)=O)c(SCC(=O)O)n1. The van der Waals surface area contributed by atoms with E-state index in [4.69, 9.17) is 10.8 Å². The first-order chi connectivity index (χ1) is 8.49. The standard InChI is InChI=1S/C11H17N3O3S/c1-8-6-14(5-3-2-4-9(12)15)11(13-8)18-7-10(16)17/h6H,2-5,7H2,1H3,(H2,12,15)(H,16,17). The summed E-state index contributed by atoms with van der Waals surface area (Å²) >= 11 is 1.20. The van der Waals surface area contributed by atoms with E-state index >= 15 is 0 Å². The van der Waals surface area contributed by atoms with Gasteiger partial charge in [0.25, 0.3) is 0 Å². The highest BCUT2D eigenvalue weighted by Crippen LogP contribution is 2.18. The molecular formula is C11H17N3O3S. The molecule has 1 rings (SSSR count). The molecule has 0 bridgehead atoms. The molecule has 7 heteroatoms. The predicted molar refractivity (Wildman–Crippen MR) is 68.4 cm³/mol. The fourth-order valence-electron chi connectivity index (χ4n) is 1.51. The number of carboxylic acid groups (broad SMARTS) is 1. The van der Waals surface area contributed by atoms with E-state index in [2.05, 4.69) is 4.98 Å². The van der Waals surface area contributed by atoms with Crippen molar-refractivity contribution in [2.24, 2.45) is 5.73 Å². The quantitative estimate of drug-likeness (QED) is 0.543. The number of nitrogens with zero attached hydrogens (tertiary/aromatic N) is 2. The lowest BCUT2D eigenvalue weighted by Gasteiger charge is -2.05. The van der Waals surface area contributed by atoms with Gasteiger partial charge >= 0.3 is 5.97 Å². The molecule has 0 fully saturated rings. The lowest BCUT2D eigenvalue weighted by Crippen LogP contribution is -2.10. The number of amides is 1. The number of hydrogen-bond acceptors (Lipinski definition) is 4. The van der Waals surface area contributed by atoms with E-state index in [1.165, 1.54) is 11.8 Å². The normalized spacial score (nSPS) is 10.5. The zero-order valence-corrected chi connectivity index (χ0v) is 11.1. The van der Waals surface area contributed by atoms with Gasteiger partial charge in [0.05, 0.1) is 11.4 Å². The summed E-state index contributed by atoms with van der Waals surface area (Å²) in [6.07, 6.45) is 3.81. The number of rotatable bonds is 8. The molecule has 0 aliphatic rings. The van der Waals surface area contributed by atoms with Crippen LogP contribution in [0.2, 0.25) is 0 Å². The van der Waals surface area contributed by atoms with E-state index in [-0.39, 0.29) is 11.7 Å². The van der Waals surface area contributed by atoms with Gasteiger partial charge in [-0.3, -0.25) is 9.59 Å². The largest absolute Gasteiger partial charge is 0.481 e. The summed E-state index contributed by atoms with van der Waals surface area (Å²) < 4.78 is 1.92. The molecule has 0 radical (unpaired) electrons. The Morgan fingerprint density at radius 1 is 1.50 bits per heavy atom. The lowest BCUT2D eigenvalue weighted by molar-refractivity contribution is -0.133. The maximum atomic E-state index is 10.6. The molecule has 1 aromatic heterocycles. The topological polar surface area (TPSA) is 98.2 Å². The van der Waals surface area contributed by atoms with Crippen LogP contribution in [0.15, 0.2) is 11.4 Å². The van der Waals surface area contributed by atoms with E-state index < -0.39 is 5.97 Å². The van der Waals surface area contributed by atoms with E-state index in [9.17, 15) is 9.59 Å². The molecule has 0 atom stereocenters. The van der Waals surface area contributed by atoms with Gasteiger partial charge in [-0.2, -0.15) is 0 Å². The predicted octanol–water partition coefficient (Wildman–Crippen LogP) is 1.02. The number of imidazole rings is 1. The molecule has 6 nitrogen and oxygen atoms in total. The van der Waals surface area contributed by atoms with Crippen molar-refractivity contribution in [3.63, 3.8) is 0 Å². The molecule has 1 amide bonds. The van der Waals surface area contributed by atoms with E-state index in [0.29, 0.717) is 11.6 Å². The Kier molecular flexibility index (Phi) is 5.70. The van der Waals surface area contributed by atoms with Crippen LogP contribution in [0.4, 0.5) is 0 Å². The molecular weight excluding hydrogens is 254 g/mol. The van der Waals surface area contributed by atoms with Crippen LogP contribution in [0, 0.1) is 6.92 Å². The lowest BCUT2D eigenvalue weighted by atomic mass is 10.2. The van der Waals surface area contributed by atoms with Gasteiger partial charge in [-0.1, -0.05) is 11.8 Å². The maximum Gasteiger partial charge on any atom is 0.313 e. The molecule has 100 valence electrons. The summed E-state index contributed by atoms with van der Waals surface area (Å²) in [6.45, 7) is 2.58. The van der Waals surface area contributed by atoms with Gasteiger partial charge in [0.15, 0.2) is 5.16 Å². The molecule has 1 heterocycles. The third-order valence-corrected chi connectivity index (χ3v) is 3.23. The number of carbonyl (C=O) groups excluding carboxylic acids is 1. The van der Waals surface area contributed by atoms with Crippen molar-refractivity contribution in [1.29, 1.82) is 0 Å². The molecule has 0 saturated carbocycles. The van der Waals surface area contributed by atoms with Crippen LogP contribution in [0.25, 0.3) is 0 Å². The minimum absolute atomic E-state index is 0.00224. The number of aromatic nitrogens is 2. The van der Waals surface area contributed by atoms with Gasteiger partial charge in [-0.25, -0.2) is 4.98 Å². The fourth-order valence-corrected chi connectivity index (χ4v) is 2.28. The second kappa shape index (κ2) is 7.05. The highest BCUT2D eigenvalue weighted by atomic mass is 32.2. The Labute approximate surface area is 110 Å². The third-order valence-electron chi connectivity index (χ3n) is 2.26. The molecule has 1 aromatic rings. The number of aliphatic carboxylic acids is 1. The summed E-state index contributed by atoms with van der Waals surface area (Å²) in [5, 5.41) is 9.34. The number of aryl methyl sites for hydroxylation is 2. The first kappa shape index (κ1) is 14.6. The summed E-state index contributed by atoms with van der Waals surface area (Å²) in [5.41, 5.74) is 5.92. The molecule has 0 aromatic carbocycles. The van der Waals surface area contributed by atoms with Crippen molar-refractivity contribution in [3.05, 3.63) is 11.9 Å². The average Bonchev–Trinajstić information content (AvgIpc) is 2.62. The van der Waals surface area contributed by atoms with Gasteiger partial charge in [0, 0.05) is 19.2 Å².